The third-order valence-electron chi connectivity index (χ3n) is 10.5. The SMILES string of the molecule is c1ccc2cc(-c3ccc4cc(N(c5ccc(-c6nc7ccccc7o6)cc5)c5ccc6cc(-c7nc8ccccc8s7)ccc6c5)ccc4c3)ccc2c1. The molecule has 0 bridgehead atoms. The molecule has 0 saturated heterocycles. The zero-order valence-corrected chi connectivity index (χ0v) is 30.4. The molecule has 5 heteroatoms. The lowest BCUT2D eigenvalue weighted by Gasteiger charge is -2.26. The molecule has 0 N–H and O–H groups in total. The minimum Gasteiger partial charge on any atom is -0.436 e. The monoisotopic (exact) mass is 721 g/mol. The normalized spacial score (nSPS) is 11.6. The van der Waals surface area contributed by atoms with Crippen LogP contribution < -0.4 is 4.90 Å². The number of nitrogens with zero attached hydrogens (tertiary/aromatic N) is 3. The van der Waals surface area contributed by atoms with Gasteiger partial charge in [0.2, 0.25) is 5.89 Å². The summed E-state index contributed by atoms with van der Waals surface area (Å²) in [5.74, 6) is 0.613. The van der Waals surface area contributed by atoms with Gasteiger partial charge >= 0.3 is 0 Å². The van der Waals surface area contributed by atoms with Gasteiger partial charge in [0.05, 0.1) is 10.2 Å². The standard InChI is InChI=1S/C50H31N3OS/c1-2-8-34-27-35(14-13-32(34)7-1)36-15-16-39-30-43(25-21-37(39)28-36)53(42-23-19-33(20-24-42)49-51-45-9-3-5-11-47(45)54-49)44-26-22-38-29-41(18-17-40(38)31-44)50-52-46-10-4-6-12-48(46)55-50/h1-31H. The maximum atomic E-state index is 6.11. The van der Waals surface area contributed by atoms with E-state index >= 15 is 0 Å². The second-order valence-corrected chi connectivity index (χ2v) is 14.9. The Morgan fingerprint density at radius 2 is 0.891 bits per heavy atom. The second-order valence-electron chi connectivity index (χ2n) is 13.9. The van der Waals surface area contributed by atoms with Crippen LogP contribution in [0.25, 0.3) is 86.8 Å². The summed E-state index contributed by atoms with van der Waals surface area (Å²) in [4.78, 5) is 12.0. The van der Waals surface area contributed by atoms with E-state index in [-0.39, 0.29) is 0 Å². The Morgan fingerprint density at radius 3 is 1.60 bits per heavy atom. The first-order valence-electron chi connectivity index (χ1n) is 18.4. The molecule has 55 heavy (non-hydrogen) atoms. The summed E-state index contributed by atoms with van der Waals surface area (Å²) in [5.41, 5.74) is 10.3. The van der Waals surface area contributed by atoms with Gasteiger partial charge in [-0.05, 0) is 134 Å². The third-order valence-corrected chi connectivity index (χ3v) is 11.5. The summed E-state index contributed by atoms with van der Waals surface area (Å²) in [6.07, 6.45) is 0. The quantitative estimate of drug-likeness (QED) is 0.171. The van der Waals surface area contributed by atoms with Crippen LogP contribution in [0.15, 0.2) is 192 Å². The van der Waals surface area contributed by atoms with E-state index in [1.807, 2.05) is 30.3 Å². The van der Waals surface area contributed by atoms with Crippen molar-refractivity contribution in [1.82, 2.24) is 9.97 Å². The van der Waals surface area contributed by atoms with Crippen molar-refractivity contribution in [2.45, 2.75) is 0 Å². The first-order valence-corrected chi connectivity index (χ1v) is 19.2. The van der Waals surface area contributed by atoms with Crippen LogP contribution in [-0.4, -0.2) is 9.97 Å². The highest BCUT2D eigenvalue weighted by Crippen LogP contribution is 2.40. The van der Waals surface area contributed by atoms with Gasteiger partial charge in [-0.25, -0.2) is 9.97 Å². The Kier molecular flexibility index (Phi) is 7.32. The summed E-state index contributed by atoms with van der Waals surface area (Å²) in [5, 5.41) is 8.24. The Bertz CT molecular complexity index is 3170. The van der Waals surface area contributed by atoms with E-state index in [4.69, 9.17) is 14.4 Å². The van der Waals surface area contributed by atoms with Crippen molar-refractivity contribution in [3.63, 3.8) is 0 Å². The fourth-order valence-electron chi connectivity index (χ4n) is 7.62. The lowest BCUT2D eigenvalue weighted by Crippen LogP contribution is -2.10. The number of rotatable bonds is 6. The van der Waals surface area contributed by atoms with E-state index in [9.17, 15) is 0 Å². The fourth-order valence-corrected chi connectivity index (χ4v) is 8.58. The van der Waals surface area contributed by atoms with Crippen LogP contribution in [0.3, 0.4) is 0 Å². The fraction of sp³-hybridized carbons (Fsp3) is 0. The molecule has 2 heterocycles. The second kappa shape index (κ2) is 12.8. The van der Waals surface area contributed by atoms with E-state index in [0.717, 1.165) is 55.2 Å². The molecule has 0 unspecified atom stereocenters. The molecular weight excluding hydrogens is 691 g/mol. The molecule has 9 aromatic carbocycles. The maximum absolute atomic E-state index is 6.11. The Balaban J connectivity index is 0.991. The number of benzene rings is 9. The average molecular weight is 722 g/mol. The predicted molar refractivity (Wildman–Crippen MR) is 231 cm³/mol. The van der Waals surface area contributed by atoms with Crippen LogP contribution in [0.5, 0.6) is 0 Å². The van der Waals surface area contributed by atoms with Gasteiger partial charge in [-0.1, -0.05) is 97.1 Å². The van der Waals surface area contributed by atoms with Crippen molar-refractivity contribution in [2.24, 2.45) is 0 Å². The highest BCUT2D eigenvalue weighted by atomic mass is 32.1. The summed E-state index contributed by atoms with van der Waals surface area (Å²) in [6, 6.07) is 66.8. The minimum atomic E-state index is 0.613. The summed E-state index contributed by atoms with van der Waals surface area (Å²) in [7, 11) is 0. The molecule has 0 fully saturated rings. The lowest BCUT2D eigenvalue weighted by molar-refractivity contribution is 0.620. The van der Waals surface area contributed by atoms with Crippen LogP contribution in [0.4, 0.5) is 17.1 Å². The zero-order chi connectivity index (χ0) is 36.3. The van der Waals surface area contributed by atoms with Gasteiger partial charge in [-0.3, -0.25) is 0 Å². The first-order chi connectivity index (χ1) is 27.2. The molecule has 0 aliphatic heterocycles. The van der Waals surface area contributed by atoms with Crippen LogP contribution in [-0.2, 0) is 0 Å². The van der Waals surface area contributed by atoms with E-state index in [2.05, 4.69) is 163 Å². The molecule has 0 radical (unpaired) electrons. The van der Waals surface area contributed by atoms with Crippen molar-refractivity contribution in [2.75, 3.05) is 4.90 Å². The molecular formula is C50H31N3OS. The van der Waals surface area contributed by atoms with Gasteiger partial charge in [0, 0.05) is 28.2 Å². The van der Waals surface area contributed by atoms with Gasteiger partial charge in [-0.15, -0.1) is 11.3 Å². The molecule has 0 aliphatic carbocycles. The van der Waals surface area contributed by atoms with Crippen molar-refractivity contribution >= 4 is 82.0 Å². The Morgan fingerprint density at radius 1 is 0.382 bits per heavy atom. The van der Waals surface area contributed by atoms with Crippen LogP contribution in [0.2, 0.25) is 0 Å². The maximum Gasteiger partial charge on any atom is 0.227 e. The van der Waals surface area contributed by atoms with Crippen LogP contribution in [0, 0.1) is 0 Å². The molecule has 4 nitrogen and oxygen atoms in total. The van der Waals surface area contributed by atoms with Crippen LogP contribution >= 0.6 is 11.3 Å². The van der Waals surface area contributed by atoms with Gasteiger partial charge in [0.25, 0.3) is 0 Å². The number of aromatic nitrogens is 2. The van der Waals surface area contributed by atoms with Gasteiger partial charge in [0.15, 0.2) is 5.58 Å². The third kappa shape index (κ3) is 5.70. The molecule has 11 rings (SSSR count). The molecule has 258 valence electrons. The molecule has 11 aromatic rings. The molecule has 0 aliphatic rings. The molecule has 2 aromatic heterocycles. The average Bonchev–Trinajstić information content (AvgIpc) is 3.89. The topological polar surface area (TPSA) is 42.2 Å². The van der Waals surface area contributed by atoms with E-state index in [0.29, 0.717) is 5.89 Å². The Hall–Kier alpha value is -7.08. The summed E-state index contributed by atoms with van der Waals surface area (Å²) in [6.45, 7) is 0. The van der Waals surface area contributed by atoms with Crippen molar-refractivity contribution in [3.05, 3.63) is 188 Å². The van der Waals surface area contributed by atoms with E-state index < -0.39 is 0 Å². The Labute approximate surface area is 321 Å². The molecule has 0 spiro atoms. The minimum absolute atomic E-state index is 0.613. The number of hydrogen-bond acceptors (Lipinski definition) is 5. The van der Waals surface area contributed by atoms with Gasteiger partial charge in [-0.2, -0.15) is 0 Å². The highest BCUT2D eigenvalue weighted by molar-refractivity contribution is 7.21. The highest BCUT2D eigenvalue weighted by Gasteiger charge is 2.17. The number of thiazole rings is 1. The van der Waals surface area contributed by atoms with Gasteiger partial charge < -0.3 is 9.32 Å². The van der Waals surface area contributed by atoms with Crippen molar-refractivity contribution in [3.8, 4) is 33.2 Å². The first kappa shape index (κ1) is 31.4. The number of para-hydroxylation sites is 3. The molecule has 0 amide bonds. The number of anilines is 3. The van der Waals surface area contributed by atoms with Gasteiger partial charge in [0.1, 0.15) is 10.5 Å². The summed E-state index contributed by atoms with van der Waals surface area (Å²) >= 11 is 1.73. The van der Waals surface area contributed by atoms with Crippen LogP contribution in [0.1, 0.15) is 0 Å². The van der Waals surface area contributed by atoms with Crippen molar-refractivity contribution < 1.29 is 4.42 Å². The number of fused-ring (bicyclic) bond motifs is 5. The van der Waals surface area contributed by atoms with Crippen molar-refractivity contribution in [1.29, 1.82) is 0 Å². The smallest absolute Gasteiger partial charge is 0.227 e. The largest absolute Gasteiger partial charge is 0.436 e. The van der Waals surface area contributed by atoms with E-state index in [1.165, 1.54) is 42.8 Å². The molecule has 0 saturated carbocycles. The number of oxazole rings is 1. The molecule has 0 atom stereocenters. The van der Waals surface area contributed by atoms with E-state index in [1.54, 1.807) is 11.3 Å². The lowest BCUT2D eigenvalue weighted by atomic mass is 9.98. The predicted octanol–water partition coefficient (Wildman–Crippen LogP) is 14.4. The summed E-state index contributed by atoms with van der Waals surface area (Å²) < 4.78 is 7.31. The zero-order valence-electron chi connectivity index (χ0n) is 29.6. The number of hydrogen-bond donors (Lipinski definition) is 0.